The second kappa shape index (κ2) is 10.6. The lowest BCUT2D eigenvalue weighted by molar-refractivity contribution is -0.121. The molecule has 0 unspecified atom stereocenters. The molecule has 4 aromatic rings. The van der Waals surface area contributed by atoms with Crippen molar-refractivity contribution in [2.24, 2.45) is 0 Å². The van der Waals surface area contributed by atoms with E-state index < -0.39 is 11.2 Å². The Kier molecular flexibility index (Phi) is 7.41. The van der Waals surface area contributed by atoms with Crippen LogP contribution in [-0.2, 0) is 17.8 Å². The van der Waals surface area contributed by atoms with Gasteiger partial charge in [-0.1, -0.05) is 67.2 Å². The van der Waals surface area contributed by atoms with E-state index in [2.05, 4.69) is 22.4 Å². The maximum atomic E-state index is 13.3. The van der Waals surface area contributed by atoms with Gasteiger partial charge in [-0.2, -0.15) is 0 Å². The number of benzene rings is 2. The summed E-state index contributed by atoms with van der Waals surface area (Å²) in [7, 11) is 0. The zero-order valence-electron chi connectivity index (χ0n) is 18.2. The quantitative estimate of drug-likeness (QED) is 0.293. The summed E-state index contributed by atoms with van der Waals surface area (Å²) in [5, 5.41) is 2.88. The topological polar surface area (TPSA) is 86.0 Å². The number of nitrogens with zero attached hydrogens (tertiary/aromatic N) is 3. The van der Waals surface area contributed by atoms with Crippen LogP contribution in [0.5, 0.6) is 0 Å². The fraction of sp³-hybridized carbons (Fsp3) is 0.250. The van der Waals surface area contributed by atoms with Gasteiger partial charge in [0.25, 0.3) is 5.56 Å². The maximum Gasteiger partial charge on any atom is 0.337 e. The van der Waals surface area contributed by atoms with E-state index in [1.807, 2.05) is 31.2 Å². The van der Waals surface area contributed by atoms with Gasteiger partial charge < -0.3 is 5.32 Å². The van der Waals surface area contributed by atoms with Crippen molar-refractivity contribution in [1.82, 2.24) is 19.4 Å². The minimum absolute atomic E-state index is 0.201. The molecule has 2 aromatic carbocycles. The first-order chi connectivity index (χ1) is 16.1. The number of hydrogen-bond acceptors (Lipinski definition) is 6. The summed E-state index contributed by atoms with van der Waals surface area (Å²) in [6.45, 7) is 2.29. The molecule has 0 aliphatic rings. The minimum Gasteiger partial charge on any atom is -0.355 e. The van der Waals surface area contributed by atoms with Gasteiger partial charge in [0, 0.05) is 6.54 Å². The summed E-state index contributed by atoms with van der Waals surface area (Å²) in [5.41, 5.74) is 0.947. The number of aryl methyl sites for hydroxylation is 1. The lowest BCUT2D eigenvalue weighted by atomic mass is 10.1. The highest BCUT2D eigenvalue weighted by Gasteiger charge is 2.20. The third-order valence-corrected chi connectivity index (χ3v) is 7.11. The van der Waals surface area contributed by atoms with E-state index in [0.717, 1.165) is 23.2 Å². The Hall–Kier alpha value is -3.17. The molecule has 0 radical (unpaired) electrons. The van der Waals surface area contributed by atoms with Crippen LogP contribution in [0.15, 0.2) is 74.6 Å². The smallest absolute Gasteiger partial charge is 0.337 e. The van der Waals surface area contributed by atoms with E-state index in [-0.39, 0.29) is 18.1 Å². The van der Waals surface area contributed by atoms with Crippen LogP contribution in [0.3, 0.4) is 0 Å². The molecule has 0 fully saturated rings. The first-order valence-electron chi connectivity index (χ1n) is 10.7. The predicted molar refractivity (Wildman–Crippen MR) is 134 cm³/mol. The fourth-order valence-electron chi connectivity index (χ4n) is 3.51. The van der Waals surface area contributed by atoms with Gasteiger partial charge in [0.2, 0.25) is 5.91 Å². The summed E-state index contributed by atoms with van der Waals surface area (Å²) in [4.78, 5) is 43.7. The number of amides is 1. The maximum absolute atomic E-state index is 13.3. The van der Waals surface area contributed by atoms with Gasteiger partial charge >= 0.3 is 5.69 Å². The molecule has 4 rings (SSSR count). The molecule has 1 amide bonds. The van der Waals surface area contributed by atoms with E-state index in [4.69, 9.17) is 0 Å². The molecule has 0 aliphatic carbocycles. The van der Waals surface area contributed by atoms with Crippen LogP contribution < -0.4 is 16.6 Å². The summed E-state index contributed by atoms with van der Waals surface area (Å²) in [6, 6.07) is 18.8. The zero-order chi connectivity index (χ0) is 23.2. The molecule has 0 aliphatic heterocycles. The molecule has 0 spiro atoms. The summed E-state index contributed by atoms with van der Waals surface area (Å²) in [5.74, 6) is 0.501. The zero-order valence-corrected chi connectivity index (χ0v) is 19.8. The van der Waals surface area contributed by atoms with Crippen molar-refractivity contribution < 1.29 is 4.79 Å². The van der Waals surface area contributed by atoms with Crippen LogP contribution in [0.4, 0.5) is 0 Å². The molecule has 7 nitrogen and oxygen atoms in total. The Morgan fingerprint density at radius 2 is 1.76 bits per heavy atom. The minimum atomic E-state index is -0.573. The molecule has 2 aromatic heterocycles. The molecular formula is C24H24N4O3S2. The number of rotatable bonds is 9. The molecule has 9 heteroatoms. The highest BCUT2D eigenvalue weighted by Crippen LogP contribution is 2.27. The summed E-state index contributed by atoms with van der Waals surface area (Å²) in [6.07, 6.45) is 1.64. The number of thioether (sulfide) groups is 1. The number of nitrogens with one attached hydrogen (secondary N) is 1. The van der Waals surface area contributed by atoms with E-state index >= 15 is 0 Å². The molecule has 33 heavy (non-hydrogen) atoms. The average Bonchev–Trinajstić information content (AvgIpc) is 3.25. The lowest BCUT2D eigenvalue weighted by Crippen LogP contribution is -2.41. The van der Waals surface area contributed by atoms with Crippen molar-refractivity contribution in [2.75, 3.05) is 12.3 Å². The van der Waals surface area contributed by atoms with Crippen LogP contribution in [0.1, 0.15) is 18.9 Å². The van der Waals surface area contributed by atoms with Crippen LogP contribution >= 0.6 is 23.1 Å². The monoisotopic (exact) mass is 480 g/mol. The first-order valence-corrected chi connectivity index (χ1v) is 12.5. The standard InChI is InChI=1S/C24H24N4O3S2/c1-2-32-23-26-21-20(33-23)22(30)28(18-13-7-4-8-14-18)24(31)27(21)16-19(29)25-15-9-12-17-10-5-3-6-11-17/h3-8,10-11,13-14H,2,9,12,15-16H2,1H3,(H,25,29). The van der Waals surface area contributed by atoms with Gasteiger partial charge in [-0.15, -0.1) is 11.3 Å². The van der Waals surface area contributed by atoms with Gasteiger partial charge in [0.05, 0.1) is 5.69 Å². The summed E-state index contributed by atoms with van der Waals surface area (Å²) >= 11 is 2.76. The van der Waals surface area contributed by atoms with Crippen LogP contribution in [0.25, 0.3) is 16.0 Å². The van der Waals surface area contributed by atoms with Crippen molar-refractivity contribution in [1.29, 1.82) is 0 Å². The normalized spacial score (nSPS) is 11.1. The van der Waals surface area contributed by atoms with Gasteiger partial charge in [-0.25, -0.2) is 14.3 Å². The highest BCUT2D eigenvalue weighted by atomic mass is 32.2. The van der Waals surface area contributed by atoms with E-state index in [1.54, 1.807) is 24.3 Å². The molecular weight excluding hydrogens is 456 g/mol. The predicted octanol–water partition coefficient (Wildman–Crippen LogP) is 3.47. The highest BCUT2D eigenvalue weighted by molar-refractivity contribution is 8.01. The SMILES string of the molecule is CCSc1nc2c(s1)c(=O)n(-c1ccccc1)c(=O)n2CC(=O)NCCCc1ccccc1. The van der Waals surface area contributed by atoms with E-state index in [0.29, 0.717) is 21.3 Å². The van der Waals surface area contributed by atoms with E-state index in [1.165, 1.54) is 33.2 Å². The van der Waals surface area contributed by atoms with Gasteiger partial charge in [-0.3, -0.25) is 14.2 Å². The Balaban J connectivity index is 1.61. The second-order valence-electron chi connectivity index (χ2n) is 7.35. The summed E-state index contributed by atoms with van der Waals surface area (Å²) < 4.78 is 3.48. The van der Waals surface area contributed by atoms with Crippen LogP contribution in [-0.4, -0.2) is 32.3 Å². The second-order valence-corrected chi connectivity index (χ2v) is 9.86. The van der Waals surface area contributed by atoms with Crippen molar-refractivity contribution in [2.45, 2.75) is 30.6 Å². The molecule has 2 heterocycles. The first kappa shape index (κ1) is 23.0. The number of thiazole rings is 1. The molecule has 0 atom stereocenters. The van der Waals surface area contributed by atoms with Gasteiger partial charge in [0.1, 0.15) is 11.2 Å². The van der Waals surface area contributed by atoms with Crippen LogP contribution in [0, 0.1) is 0 Å². The third kappa shape index (κ3) is 5.26. The Morgan fingerprint density at radius 1 is 1.06 bits per heavy atom. The third-order valence-electron chi connectivity index (χ3n) is 5.06. The van der Waals surface area contributed by atoms with Crippen molar-refractivity contribution in [3.05, 3.63) is 87.1 Å². The average molecular weight is 481 g/mol. The van der Waals surface area contributed by atoms with Crippen molar-refractivity contribution in [3.8, 4) is 5.69 Å². The Labute approximate surface area is 199 Å². The van der Waals surface area contributed by atoms with E-state index in [9.17, 15) is 14.4 Å². The number of para-hydroxylation sites is 1. The number of aromatic nitrogens is 3. The van der Waals surface area contributed by atoms with Crippen molar-refractivity contribution >= 4 is 39.4 Å². The van der Waals surface area contributed by atoms with Gasteiger partial charge in [-0.05, 0) is 36.3 Å². The van der Waals surface area contributed by atoms with Crippen LogP contribution in [0.2, 0.25) is 0 Å². The number of hydrogen-bond donors (Lipinski definition) is 1. The molecule has 170 valence electrons. The molecule has 0 saturated carbocycles. The Bertz CT molecular complexity index is 1360. The van der Waals surface area contributed by atoms with Gasteiger partial charge in [0.15, 0.2) is 9.99 Å². The fourth-order valence-corrected chi connectivity index (χ4v) is 5.48. The Morgan fingerprint density at radius 3 is 2.45 bits per heavy atom. The van der Waals surface area contributed by atoms with Crippen molar-refractivity contribution in [3.63, 3.8) is 0 Å². The number of carbonyl (C=O) groups is 1. The number of fused-ring (bicyclic) bond motifs is 1. The largest absolute Gasteiger partial charge is 0.355 e. The molecule has 1 N–H and O–H groups in total. The number of carbonyl (C=O) groups excluding carboxylic acids is 1. The molecule has 0 saturated heterocycles. The lowest BCUT2D eigenvalue weighted by Gasteiger charge is -2.11. The molecule has 0 bridgehead atoms.